The minimum absolute atomic E-state index is 0.00327. The lowest BCUT2D eigenvalue weighted by Crippen LogP contribution is -2.29. The summed E-state index contributed by atoms with van der Waals surface area (Å²) in [4.78, 5) is 11.1. The van der Waals surface area contributed by atoms with E-state index in [0.29, 0.717) is 5.75 Å². The van der Waals surface area contributed by atoms with E-state index in [0.717, 1.165) is 12.1 Å². The summed E-state index contributed by atoms with van der Waals surface area (Å²) in [5.74, 6) is 0.336. The monoisotopic (exact) mass is 233 g/mol. The fourth-order valence-corrected chi connectivity index (χ4v) is 1.25. The van der Waals surface area contributed by atoms with Crippen LogP contribution in [0.4, 0.5) is 0 Å². The van der Waals surface area contributed by atoms with Crippen molar-refractivity contribution in [3.05, 3.63) is 29.8 Å². The molecular weight excluding hydrogens is 218 g/mol. The molecule has 1 rings (SSSR count). The van der Waals surface area contributed by atoms with Gasteiger partial charge in [0.05, 0.1) is 6.07 Å². The van der Waals surface area contributed by atoms with Gasteiger partial charge in [0.2, 0.25) is 0 Å². The molecule has 1 aromatic rings. The van der Waals surface area contributed by atoms with Crippen molar-refractivity contribution in [2.75, 3.05) is 20.2 Å². The lowest BCUT2D eigenvalue weighted by Gasteiger charge is -2.06. The minimum atomic E-state index is -0.300. The second kappa shape index (κ2) is 7.25. The van der Waals surface area contributed by atoms with Crippen LogP contribution in [0.25, 0.3) is 0 Å². The maximum absolute atomic E-state index is 11.1. The lowest BCUT2D eigenvalue weighted by molar-refractivity contribution is -0.122. The van der Waals surface area contributed by atoms with Gasteiger partial charge >= 0.3 is 0 Å². The van der Waals surface area contributed by atoms with Gasteiger partial charge in [-0.3, -0.25) is 4.79 Å². The second-order valence-corrected chi connectivity index (χ2v) is 3.40. The number of rotatable bonds is 6. The average molecular weight is 233 g/mol. The molecule has 17 heavy (non-hydrogen) atoms. The quantitative estimate of drug-likeness (QED) is 0.698. The minimum Gasteiger partial charge on any atom is -0.484 e. The Kier molecular flexibility index (Phi) is 5.55. The zero-order valence-corrected chi connectivity index (χ0v) is 9.69. The standard InChI is InChI=1S/C12H15N3O2/c1-14-8-10-2-4-11(5-3-10)17-9-12(16)15-7-6-13/h2-5,14H,7-9H2,1H3,(H,15,16). The number of nitriles is 1. The summed E-state index contributed by atoms with van der Waals surface area (Å²) in [5, 5.41) is 13.7. The van der Waals surface area contributed by atoms with Crippen LogP contribution in [0.1, 0.15) is 5.56 Å². The van der Waals surface area contributed by atoms with Crippen molar-refractivity contribution < 1.29 is 9.53 Å². The van der Waals surface area contributed by atoms with Gasteiger partial charge in [0.15, 0.2) is 6.61 Å². The number of benzene rings is 1. The Morgan fingerprint density at radius 3 is 2.71 bits per heavy atom. The molecule has 0 saturated heterocycles. The summed E-state index contributed by atoms with van der Waals surface area (Å²) < 4.78 is 5.26. The van der Waals surface area contributed by atoms with Crippen LogP contribution in [0.2, 0.25) is 0 Å². The number of carbonyl (C=O) groups is 1. The van der Waals surface area contributed by atoms with E-state index < -0.39 is 0 Å². The predicted octanol–water partition coefficient (Wildman–Crippen LogP) is 0.425. The highest BCUT2D eigenvalue weighted by Crippen LogP contribution is 2.11. The van der Waals surface area contributed by atoms with Crippen molar-refractivity contribution in [3.8, 4) is 11.8 Å². The number of amides is 1. The average Bonchev–Trinajstić information content (AvgIpc) is 2.36. The predicted molar refractivity (Wildman–Crippen MR) is 63.3 cm³/mol. The zero-order valence-electron chi connectivity index (χ0n) is 9.69. The summed E-state index contributed by atoms with van der Waals surface area (Å²) in [6.07, 6.45) is 0. The van der Waals surface area contributed by atoms with E-state index in [4.69, 9.17) is 10.00 Å². The zero-order chi connectivity index (χ0) is 12.5. The Bertz CT molecular complexity index is 395. The molecule has 0 bridgehead atoms. The Morgan fingerprint density at radius 2 is 2.12 bits per heavy atom. The third-order valence-corrected chi connectivity index (χ3v) is 2.04. The van der Waals surface area contributed by atoms with Crippen LogP contribution in [0.5, 0.6) is 5.75 Å². The number of hydrogen-bond donors (Lipinski definition) is 2. The number of ether oxygens (including phenoxy) is 1. The maximum atomic E-state index is 11.1. The molecule has 1 aromatic carbocycles. The van der Waals surface area contributed by atoms with E-state index >= 15 is 0 Å². The molecule has 0 fully saturated rings. The van der Waals surface area contributed by atoms with E-state index in [1.807, 2.05) is 37.4 Å². The van der Waals surface area contributed by atoms with Crippen molar-refractivity contribution in [2.24, 2.45) is 0 Å². The van der Waals surface area contributed by atoms with E-state index in [1.54, 1.807) is 0 Å². The first-order valence-corrected chi connectivity index (χ1v) is 5.26. The summed E-state index contributed by atoms with van der Waals surface area (Å²) in [7, 11) is 1.88. The highest BCUT2D eigenvalue weighted by molar-refractivity contribution is 5.77. The molecular formula is C12H15N3O2. The molecule has 0 aliphatic carbocycles. The molecule has 1 amide bonds. The number of nitrogens with one attached hydrogen (secondary N) is 2. The van der Waals surface area contributed by atoms with Gasteiger partial charge in [0.1, 0.15) is 12.3 Å². The van der Waals surface area contributed by atoms with Gasteiger partial charge in [0.25, 0.3) is 5.91 Å². The fourth-order valence-electron chi connectivity index (χ4n) is 1.25. The second-order valence-electron chi connectivity index (χ2n) is 3.40. The SMILES string of the molecule is CNCc1ccc(OCC(=O)NCC#N)cc1. The molecule has 5 nitrogen and oxygen atoms in total. The summed E-state index contributed by atoms with van der Waals surface area (Å²) in [6.45, 7) is 0.722. The molecule has 0 aliphatic rings. The molecule has 90 valence electrons. The van der Waals surface area contributed by atoms with Crippen molar-refractivity contribution in [3.63, 3.8) is 0 Å². The molecule has 0 aromatic heterocycles. The molecule has 0 aliphatic heterocycles. The van der Waals surface area contributed by atoms with Gasteiger partial charge in [-0.2, -0.15) is 5.26 Å². The smallest absolute Gasteiger partial charge is 0.258 e. The maximum Gasteiger partial charge on any atom is 0.258 e. The van der Waals surface area contributed by atoms with Crippen molar-refractivity contribution in [2.45, 2.75) is 6.54 Å². The molecule has 0 saturated carbocycles. The van der Waals surface area contributed by atoms with E-state index in [-0.39, 0.29) is 19.1 Å². The van der Waals surface area contributed by atoms with Gasteiger partial charge in [-0.05, 0) is 24.7 Å². The Balaban J connectivity index is 2.37. The van der Waals surface area contributed by atoms with Crippen LogP contribution < -0.4 is 15.4 Å². The Labute approximate surface area is 100 Å². The van der Waals surface area contributed by atoms with Crippen LogP contribution in [0.3, 0.4) is 0 Å². The third-order valence-electron chi connectivity index (χ3n) is 2.04. The first-order chi connectivity index (χ1) is 8.26. The van der Waals surface area contributed by atoms with Crippen molar-refractivity contribution in [1.82, 2.24) is 10.6 Å². The van der Waals surface area contributed by atoms with Crippen LogP contribution >= 0.6 is 0 Å². The van der Waals surface area contributed by atoms with Gasteiger partial charge in [-0.25, -0.2) is 0 Å². The van der Waals surface area contributed by atoms with Gasteiger partial charge < -0.3 is 15.4 Å². The van der Waals surface area contributed by atoms with Crippen LogP contribution in [-0.4, -0.2) is 26.1 Å². The third kappa shape index (κ3) is 5.00. The number of nitrogens with zero attached hydrogens (tertiary/aromatic N) is 1. The highest BCUT2D eigenvalue weighted by Gasteiger charge is 2.01. The van der Waals surface area contributed by atoms with E-state index in [9.17, 15) is 4.79 Å². The molecule has 2 N–H and O–H groups in total. The van der Waals surface area contributed by atoms with Crippen LogP contribution in [0, 0.1) is 11.3 Å². The van der Waals surface area contributed by atoms with Gasteiger partial charge in [-0.1, -0.05) is 12.1 Å². The van der Waals surface area contributed by atoms with Crippen LogP contribution in [0.15, 0.2) is 24.3 Å². The largest absolute Gasteiger partial charge is 0.484 e. The summed E-state index contributed by atoms with van der Waals surface area (Å²) >= 11 is 0. The van der Waals surface area contributed by atoms with E-state index in [2.05, 4.69) is 10.6 Å². The van der Waals surface area contributed by atoms with Crippen molar-refractivity contribution in [1.29, 1.82) is 5.26 Å². The molecule has 0 radical (unpaired) electrons. The first kappa shape index (κ1) is 13.0. The highest BCUT2D eigenvalue weighted by atomic mass is 16.5. The topological polar surface area (TPSA) is 74.2 Å². The summed E-state index contributed by atoms with van der Waals surface area (Å²) in [5.41, 5.74) is 1.15. The summed E-state index contributed by atoms with van der Waals surface area (Å²) in [6, 6.07) is 9.30. The normalized spacial score (nSPS) is 9.41. The van der Waals surface area contributed by atoms with E-state index in [1.165, 1.54) is 0 Å². The van der Waals surface area contributed by atoms with Crippen LogP contribution in [-0.2, 0) is 11.3 Å². The number of carbonyl (C=O) groups excluding carboxylic acids is 1. The Morgan fingerprint density at radius 1 is 1.41 bits per heavy atom. The molecule has 5 heteroatoms. The molecule has 0 unspecified atom stereocenters. The first-order valence-electron chi connectivity index (χ1n) is 5.26. The lowest BCUT2D eigenvalue weighted by atomic mass is 10.2. The fraction of sp³-hybridized carbons (Fsp3) is 0.333. The van der Waals surface area contributed by atoms with Gasteiger partial charge in [-0.15, -0.1) is 0 Å². The van der Waals surface area contributed by atoms with Gasteiger partial charge in [0, 0.05) is 6.54 Å². The number of hydrogen-bond acceptors (Lipinski definition) is 4. The molecule has 0 heterocycles. The Hall–Kier alpha value is -2.06. The van der Waals surface area contributed by atoms with Crippen molar-refractivity contribution >= 4 is 5.91 Å². The molecule has 0 atom stereocenters. The molecule has 0 spiro atoms.